The molecule has 0 unspecified atom stereocenters. The number of aryl methyl sites for hydroxylation is 1. The molecule has 0 aliphatic heterocycles. The predicted octanol–water partition coefficient (Wildman–Crippen LogP) is 5.65. The third-order valence-corrected chi connectivity index (χ3v) is 4.75. The molecule has 0 saturated heterocycles. The molecular formula is C21H24F2N2. The van der Waals surface area contributed by atoms with E-state index in [1.54, 1.807) is 0 Å². The van der Waals surface area contributed by atoms with Gasteiger partial charge in [-0.05, 0) is 48.9 Å². The van der Waals surface area contributed by atoms with Crippen LogP contribution in [0.1, 0.15) is 43.7 Å². The molecule has 2 aromatic carbocycles. The molecule has 3 N–H and O–H groups in total. The number of aromatic amines is 1. The minimum Gasteiger partial charge on any atom is -0.352 e. The number of hydrogen-bond acceptors (Lipinski definition) is 1. The number of rotatable bonds is 2. The summed E-state index contributed by atoms with van der Waals surface area (Å²) in [6, 6.07) is 10.6. The molecule has 4 heteroatoms. The Labute approximate surface area is 147 Å². The van der Waals surface area contributed by atoms with Gasteiger partial charge >= 0.3 is 0 Å². The van der Waals surface area contributed by atoms with Crippen LogP contribution in [0, 0.1) is 18.6 Å². The largest absolute Gasteiger partial charge is 0.352 e. The van der Waals surface area contributed by atoms with Crippen molar-refractivity contribution in [1.29, 1.82) is 0 Å². The lowest BCUT2D eigenvalue weighted by Crippen LogP contribution is -2.34. The van der Waals surface area contributed by atoms with Gasteiger partial charge in [0.1, 0.15) is 11.6 Å². The summed E-state index contributed by atoms with van der Waals surface area (Å²) in [5.41, 5.74) is 10.3. The molecule has 1 aromatic heterocycles. The first-order valence-electron chi connectivity index (χ1n) is 8.86. The SMILES string of the molecule is CC.Cc1cccc(-c2[nH]c3c(F)cc(F)cc3c2C2CC(N)C2)c1. The minimum atomic E-state index is -0.552. The average molecular weight is 342 g/mol. The van der Waals surface area contributed by atoms with E-state index in [0.717, 1.165) is 41.3 Å². The van der Waals surface area contributed by atoms with Gasteiger partial charge in [0, 0.05) is 17.5 Å². The molecule has 1 heterocycles. The van der Waals surface area contributed by atoms with Crippen molar-refractivity contribution >= 4 is 10.9 Å². The zero-order chi connectivity index (χ0) is 18.1. The van der Waals surface area contributed by atoms with Gasteiger partial charge in [0.15, 0.2) is 0 Å². The lowest BCUT2D eigenvalue weighted by atomic mass is 9.74. The summed E-state index contributed by atoms with van der Waals surface area (Å²) >= 11 is 0. The topological polar surface area (TPSA) is 41.8 Å². The second kappa shape index (κ2) is 6.96. The summed E-state index contributed by atoms with van der Waals surface area (Å²) in [5.74, 6) is -0.853. The molecule has 0 radical (unpaired) electrons. The van der Waals surface area contributed by atoms with Crippen molar-refractivity contribution < 1.29 is 8.78 Å². The molecule has 25 heavy (non-hydrogen) atoms. The van der Waals surface area contributed by atoms with Crippen molar-refractivity contribution in [3.63, 3.8) is 0 Å². The van der Waals surface area contributed by atoms with Crippen LogP contribution >= 0.6 is 0 Å². The van der Waals surface area contributed by atoms with Crippen molar-refractivity contribution in [3.8, 4) is 11.3 Å². The molecule has 132 valence electrons. The number of nitrogens with two attached hydrogens (primary N) is 1. The Morgan fingerprint density at radius 2 is 1.80 bits per heavy atom. The van der Waals surface area contributed by atoms with E-state index in [9.17, 15) is 8.78 Å². The van der Waals surface area contributed by atoms with E-state index in [0.29, 0.717) is 10.9 Å². The van der Waals surface area contributed by atoms with Crippen LogP contribution in [0.25, 0.3) is 22.2 Å². The maximum absolute atomic E-state index is 14.2. The first-order valence-corrected chi connectivity index (χ1v) is 8.86. The third-order valence-electron chi connectivity index (χ3n) is 4.75. The molecule has 0 spiro atoms. The zero-order valence-electron chi connectivity index (χ0n) is 14.9. The fourth-order valence-corrected chi connectivity index (χ4v) is 3.59. The Hall–Kier alpha value is -2.20. The summed E-state index contributed by atoms with van der Waals surface area (Å²) in [7, 11) is 0. The quantitative estimate of drug-likeness (QED) is 0.620. The summed E-state index contributed by atoms with van der Waals surface area (Å²) in [6.45, 7) is 6.02. The van der Waals surface area contributed by atoms with Crippen LogP contribution in [0.5, 0.6) is 0 Å². The number of aromatic nitrogens is 1. The van der Waals surface area contributed by atoms with Crippen LogP contribution in [0.3, 0.4) is 0 Å². The molecule has 1 aliphatic rings. The monoisotopic (exact) mass is 342 g/mol. The summed E-state index contributed by atoms with van der Waals surface area (Å²) in [6.07, 6.45) is 1.70. The second-order valence-electron chi connectivity index (χ2n) is 6.52. The Morgan fingerprint density at radius 3 is 2.44 bits per heavy atom. The molecule has 0 atom stereocenters. The molecule has 4 rings (SSSR count). The molecule has 3 aromatic rings. The first-order chi connectivity index (χ1) is 12.0. The second-order valence-corrected chi connectivity index (χ2v) is 6.52. The van der Waals surface area contributed by atoms with Crippen LogP contribution in [0.4, 0.5) is 8.78 Å². The van der Waals surface area contributed by atoms with Gasteiger partial charge in [-0.1, -0.05) is 37.6 Å². The van der Waals surface area contributed by atoms with E-state index in [2.05, 4.69) is 11.1 Å². The van der Waals surface area contributed by atoms with E-state index in [-0.39, 0.29) is 12.0 Å². The highest BCUT2D eigenvalue weighted by Gasteiger charge is 2.32. The minimum absolute atomic E-state index is 0.175. The maximum Gasteiger partial charge on any atom is 0.150 e. The first kappa shape index (κ1) is 17.6. The van der Waals surface area contributed by atoms with Crippen molar-refractivity contribution in [1.82, 2.24) is 4.98 Å². The summed E-state index contributed by atoms with van der Waals surface area (Å²) < 4.78 is 27.9. The van der Waals surface area contributed by atoms with Crippen LogP contribution in [0.2, 0.25) is 0 Å². The Balaban J connectivity index is 0.000000880. The number of fused-ring (bicyclic) bond motifs is 1. The Morgan fingerprint density at radius 1 is 1.08 bits per heavy atom. The van der Waals surface area contributed by atoms with Crippen molar-refractivity contribution in [2.75, 3.05) is 0 Å². The van der Waals surface area contributed by atoms with Gasteiger partial charge in [-0.25, -0.2) is 8.78 Å². The van der Waals surface area contributed by atoms with Crippen molar-refractivity contribution in [3.05, 3.63) is 59.2 Å². The van der Waals surface area contributed by atoms with Crippen molar-refractivity contribution in [2.45, 2.75) is 45.6 Å². The zero-order valence-corrected chi connectivity index (χ0v) is 14.9. The Bertz CT molecular complexity index is 892. The molecule has 1 aliphatic carbocycles. The fourth-order valence-electron chi connectivity index (χ4n) is 3.59. The summed E-state index contributed by atoms with van der Waals surface area (Å²) in [5, 5.41) is 0.635. The van der Waals surface area contributed by atoms with Gasteiger partial charge in [-0.15, -0.1) is 0 Å². The van der Waals surface area contributed by atoms with Crippen LogP contribution < -0.4 is 5.73 Å². The van der Waals surface area contributed by atoms with Gasteiger partial charge in [0.25, 0.3) is 0 Å². The van der Waals surface area contributed by atoms with Gasteiger partial charge < -0.3 is 10.7 Å². The van der Waals surface area contributed by atoms with E-state index in [1.807, 2.05) is 39.0 Å². The van der Waals surface area contributed by atoms with E-state index in [1.165, 1.54) is 6.07 Å². The van der Waals surface area contributed by atoms with Gasteiger partial charge in [-0.3, -0.25) is 0 Å². The molecule has 0 amide bonds. The molecule has 0 bridgehead atoms. The molecule has 1 saturated carbocycles. The van der Waals surface area contributed by atoms with E-state index in [4.69, 9.17) is 5.73 Å². The highest BCUT2D eigenvalue weighted by molar-refractivity contribution is 5.92. The number of nitrogens with one attached hydrogen (secondary N) is 1. The van der Waals surface area contributed by atoms with Crippen molar-refractivity contribution in [2.24, 2.45) is 5.73 Å². The number of hydrogen-bond donors (Lipinski definition) is 2. The lowest BCUT2D eigenvalue weighted by molar-refractivity contribution is 0.354. The maximum atomic E-state index is 14.2. The third kappa shape index (κ3) is 3.19. The standard InChI is InChI=1S/C19H18F2N2.C2H6/c1-10-3-2-4-11(5-10)18-17(12-6-14(22)7-12)15-8-13(20)9-16(21)19(15)23-18;1-2/h2-5,8-9,12,14,23H,6-7,22H2,1H3;1-2H3. The smallest absolute Gasteiger partial charge is 0.150 e. The predicted molar refractivity (Wildman–Crippen MR) is 99.7 cm³/mol. The van der Waals surface area contributed by atoms with Gasteiger partial charge in [-0.2, -0.15) is 0 Å². The number of H-pyrrole nitrogens is 1. The number of halogens is 2. The highest BCUT2D eigenvalue weighted by Crippen LogP contribution is 2.45. The molecule has 1 fully saturated rings. The van der Waals surface area contributed by atoms with E-state index < -0.39 is 11.6 Å². The highest BCUT2D eigenvalue weighted by atomic mass is 19.1. The lowest BCUT2D eigenvalue weighted by Gasteiger charge is -2.33. The van der Waals surface area contributed by atoms with Crippen LogP contribution in [0.15, 0.2) is 36.4 Å². The molecular weight excluding hydrogens is 318 g/mol. The van der Waals surface area contributed by atoms with Gasteiger partial charge in [0.05, 0.1) is 11.2 Å². The van der Waals surface area contributed by atoms with E-state index >= 15 is 0 Å². The molecule has 2 nitrogen and oxygen atoms in total. The van der Waals surface area contributed by atoms with Gasteiger partial charge in [0.2, 0.25) is 0 Å². The summed E-state index contributed by atoms with van der Waals surface area (Å²) in [4.78, 5) is 3.18. The number of benzene rings is 2. The van der Waals surface area contributed by atoms with Crippen LogP contribution in [-0.2, 0) is 0 Å². The average Bonchev–Trinajstić information content (AvgIpc) is 2.93. The normalized spacial score (nSPS) is 19.3. The van der Waals surface area contributed by atoms with Crippen LogP contribution in [-0.4, -0.2) is 11.0 Å². The Kier molecular flexibility index (Phi) is 4.91. The fraction of sp³-hybridized carbons (Fsp3) is 0.333.